The normalized spacial score (nSPS) is 26.1. The molecule has 5 heteroatoms. The zero-order chi connectivity index (χ0) is 13.9. The van der Waals surface area contributed by atoms with Crippen molar-refractivity contribution in [1.82, 2.24) is 15.2 Å². The lowest BCUT2D eigenvalue weighted by Crippen LogP contribution is -2.45. The van der Waals surface area contributed by atoms with Crippen LogP contribution in [0.15, 0.2) is 18.5 Å². The number of aromatic nitrogens is 1. The summed E-state index contributed by atoms with van der Waals surface area (Å²) in [6, 6.07) is 2.37. The molecule has 4 nitrogen and oxygen atoms in total. The van der Waals surface area contributed by atoms with Crippen LogP contribution in [0.1, 0.15) is 31.2 Å². The van der Waals surface area contributed by atoms with Crippen LogP contribution in [0, 0.1) is 5.82 Å². The van der Waals surface area contributed by atoms with Gasteiger partial charge in [-0.15, -0.1) is 0 Å². The Hall–Kier alpha value is -1.49. The van der Waals surface area contributed by atoms with Gasteiger partial charge >= 0.3 is 0 Å². The van der Waals surface area contributed by atoms with E-state index in [1.165, 1.54) is 18.9 Å². The molecule has 2 fully saturated rings. The summed E-state index contributed by atoms with van der Waals surface area (Å²) in [6.07, 6.45) is 7.58. The average Bonchev–Trinajstić information content (AvgIpc) is 2.57. The van der Waals surface area contributed by atoms with Gasteiger partial charge in [-0.25, -0.2) is 4.39 Å². The molecule has 2 aliphatic rings. The monoisotopic (exact) mass is 277 g/mol. The number of fused-ring (bicyclic) bond motifs is 2. The summed E-state index contributed by atoms with van der Waals surface area (Å²) in [6.45, 7) is 1.58. The Morgan fingerprint density at radius 3 is 3.05 bits per heavy atom. The molecule has 1 N–H and O–H groups in total. The second kappa shape index (κ2) is 5.87. The lowest BCUT2D eigenvalue weighted by atomic mass is 9.98. The third-order valence-electron chi connectivity index (χ3n) is 4.23. The molecule has 0 spiro atoms. The number of carbonyl (C=O) groups excluding carboxylic acids is 1. The van der Waals surface area contributed by atoms with E-state index in [0.717, 1.165) is 32.1 Å². The fourth-order valence-corrected chi connectivity index (χ4v) is 3.22. The molecular weight excluding hydrogens is 257 g/mol. The fourth-order valence-electron chi connectivity index (χ4n) is 3.22. The van der Waals surface area contributed by atoms with Gasteiger partial charge in [0.25, 0.3) is 0 Å². The molecule has 0 aliphatic carbocycles. The van der Waals surface area contributed by atoms with Crippen molar-refractivity contribution < 1.29 is 9.18 Å². The number of halogens is 1. The molecule has 2 bridgehead atoms. The molecule has 108 valence electrons. The van der Waals surface area contributed by atoms with E-state index in [9.17, 15) is 9.18 Å². The van der Waals surface area contributed by atoms with E-state index in [4.69, 9.17) is 0 Å². The van der Waals surface area contributed by atoms with Gasteiger partial charge in [-0.1, -0.05) is 6.42 Å². The number of nitrogens with one attached hydrogen (secondary N) is 1. The second-order valence-electron chi connectivity index (χ2n) is 5.81. The fraction of sp³-hybridized carbons (Fsp3) is 0.600. The molecule has 1 amide bonds. The maximum atomic E-state index is 13.1. The Morgan fingerprint density at radius 2 is 2.20 bits per heavy atom. The molecule has 0 saturated carbocycles. The predicted molar refractivity (Wildman–Crippen MR) is 73.7 cm³/mol. The Balaban J connectivity index is 1.64. The summed E-state index contributed by atoms with van der Waals surface area (Å²) in [5.74, 6) is -0.310. The highest BCUT2D eigenvalue weighted by atomic mass is 19.1. The Labute approximate surface area is 118 Å². The summed E-state index contributed by atoms with van der Waals surface area (Å²) in [5, 5.41) is 3.61. The summed E-state index contributed by atoms with van der Waals surface area (Å²) < 4.78 is 13.1. The van der Waals surface area contributed by atoms with Gasteiger partial charge in [0.15, 0.2) is 0 Å². The maximum absolute atomic E-state index is 13.1. The minimum absolute atomic E-state index is 0.0757. The number of amides is 1. The van der Waals surface area contributed by atoms with E-state index >= 15 is 0 Å². The summed E-state index contributed by atoms with van der Waals surface area (Å²) >= 11 is 0. The third-order valence-corrected chi connectivity index (χ3v) is 4.23. The van der Waals surface area contributed by atoms with Gasteiger partial charge < -0.3 is 10.2 Å². The molecule has 2 aliphatic heterocycles. The van der Waals surface area contributed by atoms with Gasteiger partial charge in [0, 0.05) is 31.4 Å². The molecule has 0 aromatic carbocycles. The van der Waals surface area contributed by atoms with Gasteiger partial charge in [0.1, 0.15) is 5.82 Å². The summed E-state index contributed by atoms with van der Waals surface area (Å²) in [7, 11) is 0. The Kier molecular flexibility index (Phi) is 3.96. The third kappa shape index (κ3) is 3.15. The molecule has 3 heterocycles. The van der Waals surface area contributed by atoms with Crippen LogP contribution >= 0.6 is 0 Å². The van der Waals surface area contributed by atoms with Gasteiger partial charge in [0.2, 0.25) is 5.91 Å². The smallest absolute Gasteiger partial charge is 0.227 e. The second-order valence-corrected chi connectivity index (χ2v) is 5.81. The molecule has 2 saturated heterocycles. The largest absolute Gasteiger partial charge is 0.341 e. The number of rotatable bonds is 2. The zero-order valence-electron chi connectivity index (χ0n) is 11.5. The van der Waals surface area contributed by atoms with Crippen LogP contribution in [0.3, 0.4) is 0 Å². The van der Waals surface area contributed by atoms with Crippen LogP contribution in [0.4, 0.5) is 4.39 Å². The van der Waals surface area contributed by atoms with Crippen molar-refractivity contribution in [3.63, 3.8) is 0 Å². The average molecular weight is 277 g/mol. The van der Waals surface area contributed by atoms with Crippen molar-refractivity contribution in [2.24, 2.45) is 0 Å². The quantitative estimate of drug-likeness (QED) is 0.891. The first-order chi connectivity index (χ1) is 9.70. The number of hydrogen-bond donors (Lipinski definition) is 1. The van der Waals surface area contributed by atoms with E-state index in [1.54, 1.807) is 6.20 Å². The first-order valence-corrected chi connectivity index (χ1v) is 7.34. The lowest BCUT2D eigenvalue weighted by molar-refractivity contribution is -0.130. The van der Waals surface area contributed by atoms with Gasteiger partial charge in [-0.2, -0.15) is 0 Å². The van der Waals surface area contributed by atoms with Crippen LogP contribution in [0.5, 0.6) is 0 Å². The molecule has 1 aromatic heterocycles. The van der Waals surface area contributed by atoms with E-state index in [1.807, 2.05) is 4.90 Å². The van der Waals surface area contributed by atoms with Crippen molar-refractivity contribution in [3.05, 3.63) is 29.8 Å². The molecule has 1 aromatic rings. The summed E-state index contributed by atoms with van der Waals surface area (Å²) in [5.41, 5.74) is 0.648. The number of carbonyl (C=O) groups is 1. The van der Waals surface area contributed by atoms with E-state index in [-0.39, 0.29) is 18.1 Å². The van der Waals surface area contributed by atoms with Crippen LogP contribution in [-0.2, 0) is 11.2 Å². The lowest BCUT2D eigenvalue weighted by Gasteiger charge is -2.28. The van der Waals surface area contributed by atoms with Crippen molar-refractivity contribution in [1.29, 1.82) is 0 Å². The molecule has 2 unspecified atom stereocenters. The van der Waals surface area contributed by atoms with E-state index in [0.29, 0.717) is 17.6 Å². The van der Waals surface area contributed by atoms with Crippen LogP contribution < -0.4 is 5.32 Å². The Morgan fingerprint density at radius 1 is 1.35 bits per heavy atom. The van der Waals surface area contributed by atoms with Crippen LogP contribution in [-0.4, -0.2) is 41.0 Å². The van der Waals surface area contributed by atoms with Gasteiger partial charge in [0.05, 0.1) is 12.6 Å². The highest BCUT2D eigenvalue weighted by Gasteiger charge is 2.28. The number of nitrogens with zero attached hydrogens (tertiary/aromatic N) is 2. The molecule has 2 atom stereocenters. The van der Waals surface area contributed by atoms with E-state index in [2.05, 4.69) is 10.3 Å². The van der Waals surface area contributed by atoms with Crippen molar-refractivity contribution in [2.45, 2.75) is 44.2 Å². The SMILES string of the molecule is O=C(Cc1cncc(F)c1)N1CCC2CCCC(C1)N2. The standard InChI is InChI=1S/C15H20FN3O/c16-12-6-11(8-17-9-12)7-15(20)19-5-4-13-2-1-3-14(10-19)18-13/h6,8-9,13-14,18H,1-5,7,10H2. The van der Waals surface area contributed by atoms with Gasteiger partial charge in [-0.3, -0.25) is 9.78 Å². The first-order valence-electron chi connectivity index (χ1n) is 7.34. The van der Waals surface area contributed by atoms with Crippen molar-refractivity contribution in [3.8, 4) is 0 Å². The minimum Gasteiger partial charge on any atom is -0.341 e. The van der Waals surface area contributed by atoms with Crippen LogP contribution in [0.2, 0.25) is 0 Å². The predicted octanol–water partition coefficient (Wildman–Crippen LogP) is 1.51. The highest BCUT2D eigenvalue weighted by molar-refractivity contribution is 5.78. The van der Waals surface area contributed by atoms with Crippen molar-refractivity contribution >= 4 is 5.91 Å². The van der Waals surface area contributed by atoms with Crippen LogP contribution in [0.25, 0.3) is 0 Å². The highest BCUT2D eigenvalue weighted by Crippen LogP contribution is 2.20. The van der Waals surface area contributed by atoms with E-state index < -0.39 is 0 Å². The first kappa shape index (κ1) is 13.5. The maximum Gasteiger partial charge on any atom is 0.227 e. The van der Waals surface area contributed by atoms with Crippen molar-refractivity contribution in [2.75, 3.05) is 13.1 Å². The van der Waals surface area contributed by atoms with Gasteiger partial charge in [-0.05, 0) is 30.9 Å². The number of piperidine rings is 1. The topological polar surface area (TPSA) is 45.2 Å². The Bertz CT molecular complexity index is 494. The summed E-state index contributed by atoms with van der Waals surface area (Å²) in [4.78, 5) is 18.1. The molecule has 3 rings (SSSR count). The molecule has 20 heavy (non-hydrogen) atoms. The molecule has 0 radical (unpaired) electrons. The zero-order valence-corrected chi connectivity index (χ0v) is 11.5. The number of pyridine rings is 1. The molecular formula is C15H20FN3O. The number of hydrogen-bond acceptors (Lipinski definition) is 3. The minimum atomic E-state index is -0.385.